The number of carbonyl (C=O) groups excluding carboxylic acids is 2. The predicted molar refractivity (Wildman–Crippen MR) is 114 cm³/mol. The average Bonchev–Trinajstić information content (AvgIpc) is 2.65. The Bertz CT molecular complexity index is 1030. The van der Waals surface area contributed by atoms with Crippen molar-refractivity contribution in [3.8, 4) is 5.75 Å². The molecule has 0 bridgehead atoms. The molecule has 0 aliphatic carbocycles. The Morgan fingerprint density at radius 2 is 1.97 bits per heavy atom. The second kappa shape index (κ2) is 7.42. The molecule has 0 spiro atoms. The van der Waals surface area contributed by atoms with Gasteiger partial charge in [-0.15, -0.1) is 0 Å². The number of nitrogens with one attached hydrogen (secondary N) is 2. The first-order valence-electron chi connectivity index (χ1n) is 10.5. The number of hydrogen-bond donors (Lipinski definition) is 2. The first kappa shape index (κ1) is 23.0. The zero-order valence-electron chi connectivity index (χ0n) is 19.0. The van der Waals surface area contributed by atoms with Crippen LogP contribution >= 0.6 is 0 Å². The molecule has 33 heavy (non-hydrogen) atoms. The van der Waals surface area contributed by atoms with Crippen LogP contribution in [0.25, 0.3) is 0 Å². The molecular formula is C21H26F3N5O4. The van der Waals surface area contributed by atoms with Gasteiger partial charge in [-0.2, -0.15) is 18.3 Å². The minimum absolute atomic E-state index is 0.0162. The lowest BCUT2D eigenvalue weighted by molar-refractivity contribution is -0.137. The Morgan fingerprint density at radius 1 is 1.30 bits per heavy atom. The Morgan fingerprint density at radius 3 is 2.58 bits per heavy atom. The van der Waals surface area contributed by atoms with Crippen molar-refractivity contribution in [3.63, 3.8) is 0 Å². The summed E-state index contributed by atoms with van der Waals surface area (Å²) >= 11 is 0. The van der Waals surface area contributed by atoms with Crippen LogP contribution in [0.4, 0.5) is 29.3 Å². The standard InChI is InChI=1S/C21H26F3N5O4/c1-11-17(30)27-26-16-8-32-15-6-12(21(22,23)24)13(7-14(15)29(11)16)25-20(5)9-28(10-20)18(31)33-19(2,3)4/h6-7,11,25H,8-10H2,1-5H3,(H,27,30)/t11-/m1/s1. The van der Waals surface area contributed by atoms with Crippen LogP contribution in [-0.4, -0.2) is 59.6 Å². The third kappa shape index (κ3) is 4.38. The predicted octanol–water partition coefficient (Wildman–Crippen LogP) is 3.16. The van der Waals surface area contributed by atoms with Gasteiger partial charge in [0.05, 0.1) is 16.8 Å². The number of ether oxygens (including phenoxy) is 2. The Hall–Kier alpha value is -3.18. The molecule has 1 fully saturated rings. The van der Waals surface area contributed by atoms with E-state index in [2.05, 4.69) is 15.8 Å². The average molecular weight is 469 g/mol. The molecule has 1 aromatic rings. The third-order valence-electron chi connectivity index (χ3n) is 5.53. The summed E-state index contributed by atoms with van der Waals surface area (Å²) in [6.45, 7) is 8.86. The number of hydrazone groups is 1. The van der Waals surface area contributed by atoms with Crippen LogP contribution in [0.1, 0.15) is 40.2 Å². The minimum Gasteiger partial charge on any atom is -0.483 e. The first-order valence-corrected chi connectivity index (χ1v) is 10.5. The summed E-state index contributed by atoms with van der Waals surface area (Å²) in [5, 5.41) is 6.92. The van der Waals surface area contributed by atoms with E-state index in [9.17, 15) is 22.8 Å². The van der Waals surface area contributed by atoms with Gasteiger partial charge < -0.3 is 24.6 Å². The topological polar surface area (TPSA) is 95.5 Å². The van der Waals surface area contributed by atoms with Crippen molar-refractivity contribution in [1.82, 2.24) is 10.3 Å². The number of amidine groups is 1. The highest BCUT2D eigenvalue weighted by atomic mass is 19.4. The summed E-state index contributed by atoms with van der Waals surface area (Å²) in [5.74, 6) is 0.0359. The highest BCUT2D eigenvalue weighted by molar-refractivity contribution is 6.09. The van der Waals surface area contributed by atoms with Gasteiger partial charge in [-0.05, 0) is 46.8 Å². The fourth-order valence-electron chi connectivity index (χ4n) is 4.07. The lowest BCUT2D eigenvalue weighted by Crippen LogP contribution is -2.66. The fraction of sp³-hybridized carbons (Fsp3) is 0.571. The molecule has 1 aromatic carbocycles. The number of fused-ring (bicyclic) bond motifs is 3. The zero-order valence-corrected chi connectivity index (χ0v) is 19.0. The number of anilines is 2. The number of halogens is 3. The quantitative estimate of drug-likeness (QED) is 0.691. The van der Waals surface area contributed by atoms with E-state index in [1.807, 2.05) is 0 Å². The number of benzene rings is 1. The molecule has 0 unspecified atom stereocenters. The highest BCUT2D eigenvalue weighted by Gasteiger charge is 2.46. The zero-order chi connectivity index (χ0) is 24.3. The van der Waals surface area contributed by atoms with Crippen molar-refractivity contribution in [2.45, 2.75) is 58.0 Å². The molecule has 180 valence electrons. The summed E-state index contributed by atoms with van der Waals surface area (Å²) in [7, 11) is 0. The van der Waals surface area contributed by atoms with Gasteiger partial charge in [0.2, 0.25) is 0 Å². The Balaban J connectivity index is 1.63. The van der Waals surface area contributed by atoms with Crippen molar-refractivity contribution in [2.24, 2.45) is 5.10 Å². The maximum atomic E-state index is 13.9. The monoisotopic (exact) mass is 469 g/mol. The van der Waals surface area contributed by atoms with Crippen molar-refractivity contribution in [2.75, 3.05) is 29.9 Å². The second-order valence-corrected chi connectivity index (χ2v) is 9.72. The SMILES string of the molecule is C[C@@H]1C(=O)NN=C2COc3cc(C(F)(F)F)c(NC4(C)CN(C(=O)OC(C)(C)C)C4)cc3N21. The first-order chi connectivity index (χ1) is 15.2. The molecule has 4 rings (SSSR count). The van der Waals surface area contributed by atoms with Gasteiger partial charge in [0.1, 0.15) is 24.0 Å². The molecule has 2 N–H and O–H groups in total. The van der Waals surface area contributed by atoms with Crippen LogP contribution in [0, 0.1) is 0 Å². The summed E-state index contributed by atoms with van der Waals surface area (Å²) < 4.78 is 52.5. The van der Waals surface area contributed by atoms with E-state index in [0.717, 1.165) is 6.07 Å². The van der Waals surface area contributed by atoms with Crippen LogP contribution in [0.2, 0.25) is 0 Å². The number of likely N-dealkylation sites (tertiary alicyclic amines) is 1. The van der Waals surface area contributed by atoms with Crippen LogP contribution in [-0.2, 0) is 15.7 Å². The summed E-state index contributed by atoms with van der Waals surface area (Å²) in [5.41, 5.74) is 0.151. The van der Waals surface area contributed by atoms with Gasteiger partial charge in [-0.25, -0.2) is 10.2 Å². The van der Waals surface area contributed by atoms with Crippen LogP contribution in [0.5, 0.6) is 5.75 Å². The van der Waals surface area contributed by atoms with Crippen LogP contribution in [0.15, 0.2) is 17.2 Å². The number of hydrogen-bond acceptors (Lipinski definition) is 7. The molecular weight excluding hydrogens is 443 g/mol. The summed E-state index contributed by atoms with van der Waals surface area (Å²) in [4.78, 5) is 27.3. The van der Waals surface area contributed by atoms with Gasteiger partial charge in [0.25, 0.3) is 5.91 Å². The largest absolute Gasteiger partial charge is 0.483 e. The van der Waals surface area contributed by atoms with Crippen molar-refractivity contribution in [1.29, 1.82) is 0 Å². The van der Waals surface area contributed by atoms with E-state index in [1.165, 1.54) is 11.0 Å². The molecule has 2 amide bonds. The maximum Gasteiger partial charge on any atom is 0.418 e. The van der Waals surface area contributed by atoms with Gasteiger partial charge in [0.15, 0.2) is 5.84 Å². The van der Waals surface area contributed by atoms with Gasteiger partial charge in [-0.1, -0.05) is 0 Å². The maximum absolute atomic E-state index is 13.9. The van der Waals surface area contributed by atoms with Crippen LogP contribution < -0.4 is 20.4 Å². The molecule has 0 radical (unpaired) electrons. The van der Waals surface area contributed by atoms with E-state index in [4.69, 9.17) is 9.47 Å². The van der Waals surface area contributed by atoms with Gasteiger partial charge >= 0.3 is 12.3 Å². The smallest absolute Gasteiger partial charge is 0.418 e. The molecule has 0 aromatic heterocycles. The van der Waals surface area contributed by atoms with Crippen LogP contribution in [0.3, 0.4) is 0 Å². The molecule has 3 aliphatic rings. The van der Waals surface area contributed by atoms with E-state index >= 15 is 0 Å². The minimum atomic E-state index is -4.65. The molecule has 0 saturated carbocycles. The molecule has 3 aliphatic heterocycles. The van der Waals surface area contributed by atoms with Crippen molar-refractivity contribution in [3.05, 3.63) is 17.7 Å². The van der Waals surface area contributed by atoms with Crippen molar-refractivity contribution < 1.29 is 32.2 Å². The van der Waals surface area contributed by atoms with Crippen molar-refractivity contribution >= 4 is 29.2 Å². The highest BCUT2D eigenvalue weighted by Crippen LogP contribution is 2.45. The molecule has 1 saturated heterocycles. The van der Waals surface area contributed by atoms with E-state index in [1.54, 1.807) is 39.5 Å². The molecule has 1 atom stereocenters. The number of nitrogens with zero attached hydrogens (tertiary/aromatic N) is 3. The lowest BCUT2D eigenvalue weighted by Gasteiger charge is -2.49. The van der Waals surface area contributed by atoms with E-state index < -0.39 is 35.0 Å². The Kier molecular flexibility index (Phi) is 5.17. The number of rotatable bonds is 2. The van der Waals surface area contributed by atoms with Gasteiger partial charge in [0, 0.05) is 18.8 Å². The number of amides is 2. The molecule has 9 nitrogen and oxygen atoms in total. The second-order valence-electron chi connectivity index (χ2n) is 9.72. The van der Waals surface area contributed by atoms with E-state index in [0.29, 0.717) is 11.5 Å². The number of carbonyl (C=O) groups is 2. The summed E-state index contributed by atoms with van der Waals surface area (Å²) in [6, 6.07) is 1.58. The third-order valence-corrected chi connectivity index (χ3v) is 5.53. The summed E-state index contributed by atoms with van der Waals surface area (Å²) in [6.07, 6.45) is -5.17. The van der Waals surface area contributed by atoms with Gasteiger partial charge in [-0.3, -0.25) is 4.79 Å². The normalized spacial score (nSPS) is 21.6. The Labute approximate surface area is 188 Å². The fourth-order valence-corrected chi connectivity index (χ4v) is 4.07. The molecule has 3 heterocycles. The van der Waals surface area contributed by atoms with E-state index in [-0.39, 0.29) is 37.0 Å². The number of alkyl halides is 3. The molecule has 12 heteroatoms. The lowest BCUT2D eigenvalue weighted by atomic mass is 9.91.